The summed E-state index contributed by atoms with van der Waals surface area (Å²) in [6.45, 7) is 0. The standard InChI is InChI=1S/C14H13N5O/c1-20-14-13(12(9-2-3-9)16-8-17-14)19-11-7-15-5-4-10(11)6-18-19/h4-9H,2-3H2,1H3. The van der Waals surface area contributed by atoms with Gasteiger partial charge in [0.05, 0.1) is 30.7 Å². The van der Waals surface area contributed by atoms with Crippen LogP contribution < -0.4 is 4.74 Å². The van der Waals surface area contributed by atoms with Crippen LogP contribution in [0.2, 0.25) is 0 Å². The van der Waals surface area contributed by atoms with E-state index in [1.165, 1.54) is 0 Å². The van der Waals surface area contributed by atoms with E-state index in [1.807, 2.05) is 16.9 Å². The lowest BCUT2D eigenvalue weighted by Crippen LogP contribution is -2.07. The number of nitrogens with zero attached hydrogens (tertiary/aromatic N) is 5. The van der Waals surface area contributed by atoms with Crippen LogP contribution in [-0.2, 0) is 0 Å². The smallest absolute Gasteiger partial charge is 0.243 e. The van der Waals surface area contributed by atoms with Gasteiger partial charge in [0.2, 0.25) is 5.88 Å². The lowest BCUT2D eigenvalue weighted by molar-refractivity contribution is 0.393. The fourth-order valence-electron chi connectivity index (χ4n) is 2.42. The maximum absolute atomic E-state index is 5.40. The number of rotatable bonds is 3. The molecule has 6 heteroatoms. The van der Waals surface area contributed by atoms with Gasteiger partial charge >= 0.3 is 0 Å². The minimum absolute atomic E-state index is 0.484. The second-order valence-corrected chi connectivity index (χ2v) is 4.88. The molecule has 0 spiro atoms. The number of hydrogen-bond acceptors (Lipinski definition) is 5. The molecule has 6 nitrogen and oxygen atoms in total. The number of methoxy groups -OCH3 is 1. The molecule has 0 radical (unpaired) electrons. The lowest BCUT2D eigenvalue weighted by atomic mass is 10.2. The van der Waals surface area contributed by atoms with Crippen molar-refractivity contribution >= 4 is 10.9 Å². The highest BCUT2D eigenvalue weighted by molar-refractivity contribution is 5.79. The van der Waals surface area contributed by atoms with Crippen LogP contribution in [0.3, 0.4) is 0 Å². The summed E-state index contributed by atoms with van der Waals surface area (Å²) < 4.78 is 7.23. The van der Waals surface area contributed by atoms with E-state index < -0.39 is 0 Å². The third-order valence-electron chi connectivity index (χ3n) is 3.56. The van der Waals surface area contributed by atoms with E-state index in [0.29, 0.717) is 11.8 Å². The Bertz CT molecular complexity index is 778. The van der Waals surface area contributed by atoms with Gasteiger partial charge in [0, 0.05) is 17.5 Å². The van der Waals surface area contributed by atoms with Gasteiger partial charge in [-0.05, 0) is 18.9 Å². The topological polar surface area (TPSA) is 65.7 Å². The van der Waals surface area contributed by atoms with Gasteiger partial charge in [0.25, 0.3) is 0 Å². The Kier molecular flexibility index (Phi) is 2.42. The van der Waals surface area contributed by atoms with Crippen LogP contribution in [0.1, 0.15) is 24.5 Å². The van der Waals surface area contributed by atoms with Crippen LogP contribution in [-0.4, -0.2) is 31.8 Å². The molecule has 0 N–H and O–H groups in total. The van der Waals surface area contributed by atoms with Crippen molar-refractivity contribution in [1.29, 1.82) is 0 Å². The van der Waals surface area contributed by atoms with Crippen LogP contribution in [0.5, 0.6) is 5.88 Å². The van der Waals surface area contributed by atoms with E-state index >= 15 is 0 Å². The van der Waals surface area contributed by atoms with E-state index in [2.05, 4.69) is 20.1 Å². The van der Waals surface area contributed by atoms with Gasteiger partial charge in [0.1, 0.15) is 12.0 Å². The number of pyridine rings is 1. The quantitative estimate of drug-likeness (QED) is 0.727. The van der Waals surface area contributed by atoms with Gasteiger partial charge in [-0.25, -0.2) is 9.67 Å². The van der Waals surface area contributed by atoms with E-state index in [9.17, 15) is 0 Å². The summed E-state index contributed by atoms with van der Waals surface area (Å²) in [6.07, 6.45) is 9.25. The third kappa shape index (κ3) is 1.65. The predicted molar refractivity (Wildman–Crippen MR) is 73.0 cm³/mol. The Balaban J connectivity index is 2.01. The van der Waals surface area contributed by atoms with Crippen LogP contribution >= 0.6 is 0 Å². The van der Waals surface area contributed by atoms with E-state index in [0.717, 1.165) is 35.1 Å². The molecule has 3 aromatic rings. The van der Waals surface area contributed by atoms with Crippen molar-refractivity contribution in [1.82, 2.24) is 24.7 Å². The highest BCUT2D eigenvalue weighted by Gasteiger charge is 2.31. The van der Waals surface area contributed by atoms with Crippen molar-refractivity contribution < 1.29 is 4.74 Å². The molecular weight excluding hydrogens is 254 g/mol. The number of hydrogen-bond donors (Lipinski definition) is 0. The summed E-state index contributed by atoms with van der Waals surface area (Å²) in [5, 5.41) is 5.50. The normalized spacial score (nSPS) is 14.7. The van der Waals surface area contributed by atoms with E-state index in [-0.39, 0.29) is 0 Å². The van der Waals surface area contributed by atoms with Gasteiger partial charge in [0.15, 0.2) is 0 Å². The first kappa shape index (κ1) is 11.3. The molecule has 4 rings (SSSR count). The SMILES string of the molecule is COc1ncnc(C2CC2)c1-n1ncc2ccncc21. The Morgan fingerprint density at radius 2 is 2.15 bits per heavy atom. The molecule has 3 heterocycles. The molecule has 1 fully saturated rings. The monoisotopic (exact) mass is 267 g/mol. The van der Waals surface area contributed by atoms with Crippen molar-refractivity contribution in [2.24, 2.45) is 0 Å². The Labute approximate surface area is 115 Å². The van der Waals surface area contributed by atoms with Crippen molar-refractivity contribution in [3.8, 4) is 11.6 Å². The number of ether oxygens (including phenoxy) is 1. The highest BCUT2D eigenvalue weighted by atomic mass is 16.5. The van der Waals surface area contributed by atoms with Crippen molar-refractivity contribution in [2.45, 2.75) is 18.8 Å². The van der Waals surface area contributed by atoms with Crippen LogP contribution in [0.15, 0.2) is 31.0 Å². The fourth-order valence-corrected chi connectivity index (χ4v) is 2.42. The van der Waals surface area contributed by atoms with Gasteiger partial charge in [-0.2, -0.15) is 10.1 Å². The van der Waals surface area contributed by atoms with Crippen molar-refractivity contribution in [2.75, 3.05) is 7.11 Å². The second kappa shape index (κ2) is 4.26. The number of aromatic nitrogens is 5. The van der Waals surface area contributed by atoms with Crippen LogP contribution in [0.25, 0.3) is 16.6 Å². The Hall–Kier alpha value is -2.50. The molecule has 100 valence electrons. The average molecular weight is 267 g/mol. The fraction of sp³-hybridized carbons (Fsp3) is 0.286. The molecule has 0 saturated heterocycles. The highest BCUT2D eigenvalue weighted by Crippen LogP contribution is 2.43. The van der Waals surface area contributed by atoms with Crippen LogP contribution in [0.4, 0.5) is 0 Å². The zero-order chi connectivity index (χ0) is 13.5. The van der Waals surface area contributed by atoms with Crippen molar-refractivity contribution in [3.05, 3.63) is 36.7 Å². The maximum atomic E-state index is 5.40. The number of fused-ring (bicyclic) bond motifs is 1. The molecule has 0 aromatic carbocycles. The molecule has 0 bridgehead atoms. The third-order valence-corrected chi connectivity index (χ3v) is 3.56. The summed E-state index contributed by atoms with van der Waals surface area (Å²) in [6, 6.07) is 1.94. The second-order valence-electron chi connectivity index (χ2n) is 4.88. The zero-order valence-electron chi connectivity index (χ0n) is 11.0. The minimum Gasteiger partial charge on any atom is -0.479 e. The Morgan fingerprint density at radius 3 is 2.95 bits per heavy atom. The van der Waals surface area contributed by atoms with E-state index in [4.69, 9.17) is 4.74 Å². The van der Waals surface area contributed by atoms with Crippen LogP contribution in [0, 0.1) is 0 Å². The summed E-state index contributed by atoms with van der Waals surface area (Å²) in [5.74, 6) is 1.04. The minimum atomic E-state index is 0.484. The largest absolute Gasteiger partial charge is 0.479 e. The maximum Gasteiger partial charge on any atom is 0.243 e. The molecular formula is C14H13N5O. The molecule has 3 aromatic heterocycles. The van der Waals surface area contributed by atoms with Gasteiger partial charge in [-0.15, -0.1) is 0 Å². The molecule has 20 heavy (non-hydrogen) atoms. The summed E-state index contributed by atoms with van der Waals surface area (Å²) in [4.78, 5) is 12.8. The first-order chi connectivity index (χ1) is 9.88. The summed E-state index contributed by atoms with van der Waals surface area (Å²) in [5.41, 5.74) is 2.77. The lowest BCUT2D eigenvalue weighted by Gasteiger charge is -2.12. The Morgan fingerprint density at radius 1 is 1.25 bits per heavy atom. The molecule has 1 aliphatic carbocycles. The molecule has 0 amide bonds. The van der Waals surface area contributed by atoms with Crippen molar-refractivity contribution in [3.63, 3.8) is 0 Å². The van der Waals surface area contributed by atoms with Gasteiger partial charge in [-0.1, -0.05) is 0 Å². The predicted octanol–water partition coefficient (Wildman–Crippen LogP) is 2.10. The zero-order valence-corrected chi connectivity index (χ0v) is 11.0. The summed E-state index contributed by atoms with van der Waals surface area (Å²) >= 11 is 0. The van der Waals surface area contributed by atoms with Gasteiger partial charge in [-0.3, -0.25) is 4.98 Å². The first-order valence-corrected chi connectivity index (χ1v) is 6.55. The average Bonchev–Trinajstić information content (AvgIpc) is 3.26. The first-order valence-electron chi connectivity index (χ1n) is 6.55. The molecule has 1 saturated carbocycles. The molecule has 0 aliphatic heterocycles. The molecule has 1 aliphatic rings. The molecule has 0 unspecified atom stereocenters. The molecule has 0 atom stereocenters. The van der Waals surface area contributed by atoms with E-state index in [1.54, 1.807) is 25.8 Å². The van der Waals surface area contributed by atoms with Gasteiger partial charge < -0.3 is 4.74 Å². The summed E-state index contributed by atoms with van der Waals surface area (Å²) in [7, 11) is 1.62.